The first-order chi connectivity index (χ1) is 13.0. The topological polar surface area (TPSA) is 61.9 Å². The largest absolute Gasteiger partial charge is 0.497 e. The standard InChI is InChI=1S/C20H18FN3O3/c1-23-16-11-24(14-7-5-13(21)6-8-14)19(25)17(16)18(22-20(23)26)12-3-9-15(27-2)10-4-12/h3-10,18H,11H2,1-2H3,(H,22,26)/t18-/m0/s1. The average Bonchev–Trinajstić information content (AvgIpc) is 3.03. The number of nitrogens with zero attached hydrogens (tertiary/aromatic N) is 2. The van der Waals surface area contributed by atoms with Gasteiger partial charge in [-0.2, -0.15) is 0 Å². The molecule has 0 bridgehead atoms. The summed E-state index contributed by atoms with van der Waals surface area (Å²) in [5.74, 6) is 0.121. The highest BCUT2D eigenvalue weighted by atomic mass is 19.1. The van der Waals surface area contributed by atoms with E-state index in [0.29, 0.717) is 22.7 Å². The highest BCUT2D eigenvalue weighted by Crippen LogP contribution is 2.37. The van der Waals surface area contributed by atoms with Gasteiger partial charge in [0.15, 0.2) is 0 Å². The minimum Gasteiger partial charge on any atom is -0.497 e. The molecule has 138 valence electrons. The van der Waals surface area contributed by atoms with Crippen LogP contribution in [0.4, 0.5) is 14.9 Å². The molecule has 1 atom stereocenters. The number of carbonyl (C=O) groups is 2. The van der Waals surface area contributed by atoms with Crippen molar-refractivity contribution in [2.24, 2.45) is 0 Å². The molecule has 0 fully saturated rings. The molecule has 27 heavy (non-hydrogen) atoms. The Morgan fingerprint density at radius 3 is 2.37 bits per heavy atom. The summed E-state index contributed by atoms with van der Waals surface area (Å²) in [6.07, 6.45) is 0. The number of ether oxygens (including phenoxy) is 1. The molecule has 6 nitrogen and oxygen atoms in total. The van der Waals surface area contributed by atoms with Crippen LogP contribution in [-0.2, 0) is 4.79 Å². The van der Waals surface area contributed by atoms with Crippen molar-refractivity contribution in [2.45, 2.75) is 6.04 Å². The first kappa shape index (κ1) is 17.1. The van der Waals surface area contributed by atoms with Crippen LogP contribution in [0.3, 0.4) is 0 Å². The number of rotatable bonds is 3. The summed E-state index contributed by atoms with van der Waals surface area (Å²) in [5, 5.41) is 2.88. The molecule has 2 aromatic carbocycles. The zero-order chi connectivity index (χ0) is 19.1. The van der Waals surface area contributed by atoms with Gasteiger partial charge in [0, 0.05) is 12.7 Å². The zero-order valence-electron chi connectivity index (χ0n) is 14.9. The monoisotopic (exact) mass is 367 g/mol. The molecule has 2 aliphatic rings. The third-order valence-electron chi connectivity index (χ3n) is 4.95. The van der Waals surface area contributed by atoms with Crippen molar-refractivity contribution in [3.05, 3.63) is 71.2 Å². The maximum atomic E-state index is 13.2. The fraction of sp³-hybridized carbons (Fsp3) is 0.200. The van der Waals surface area contributed by atoms with Crippen LogP contribution < -0.4 is 15.0 Å². The molecular formula is C20H18FN3O3. The Bertz CT molecular complexity index is 938. The number of amides is 3. The van der Waals surface area contributed by atoms with Crippen LogP contribution in [0.25, 0.3) is 0 Å². The number of benzene rings is 2. The molecule has 2 aliphatic heterocycles. The molecule has 7 heteroatoms. The second kappa shape index (κ2) is 6.42. The number of carbonyl (C=O) groups excluding carboxylic acids is 2. The van der Waals surface area contributed by atoms with Gasteiger partial charge < -0.3 is 15.0 Å². The van der Waals surface area contributed by atoms with Crippen LogP contribution in [0, 0.1) is 5.82 Å². The number of methoxy groups -OCH3 is 1. The van der Waals surface area contributed by atoms with Gasteiger partial charge in [-0.15, -0.1) is 0 Å². The van der Waals surface area contributed by atoms with Crippen molar-refractivity contribution in [2.75, 3.05) is 25.6 Å². The van der Waals surface area contributed by atoms with E-state index in [4.69, 9.17) is 4.74 Å². The molecule has 0 spiro atoms. The van der Waals surface area contributed by atoms with Crippen molar-refractivity contribution in [3.8, 4) is 5.75 Å². The maximum absolute atomic E-state index is 13.2. The minimum absolute atomic E-state index is 0.204. The molecule has 0 saturated carbocycles. The summed E-state index contributed by atoms with van der Waals surface area (Å²) in [7, 11) is 3.21. The lowest BCUT2D eigenvalue weighted by Gasteiger charge is -2.31. The maximum Gasteiger partial charge on any atom is 0.322 e. The third-order valence-corrected chi connectivity index (χ3v) is 4.95. The van der Waals surface area contributed by atoms with E-state index >= 15 is 0 Å². The van der Waals surface area contributed by atoms with Gasteiger partial charge in [-0.25, -0.2) is 9.18 Å². The van der Waals surface area contributed by atoms with Gasteiger partial charge in [0.05, 0.1) is 31.0 Å². The Morgan fingerprint density at radius 2 is 1.74 bits per heavy atom. The highest BCUT2D eigenvalue weighted by Gasteiger charge is 2.43. The second-order valence-electron chi connectivity index (χ2n) is 6.44. The summed E-state index contributed by atoms with van der Waals surface area (Å²) >= 11 is 0. The minimum atomic E-state index is -0.549. The number of urea groups is 1. The van der Waals surface area contributed by atoms with Crippen molar-refractivity contribution in [1.82, 2.24) is 10.2 Å². The summed E-state index contributed by atoms with van der Waals surface area (Å²) < 4.78 is 18.4. The number of anilines is 1. The van der Waals surface area contributed by atoms with Crippen LogP contribution in [0.15, 0.2) is 59.8 Å². The van der Waals surface area contributed by atoms with E-state index in [9.17, 15) is 14.0 Å². The number of halogens is 1. The van der Waals surface area contributed by atoms with Crippen molar-refractivity contribution in [1.29, 1.82) is 0 Å². The van der Waals surface area contributed by atoms with Gasteiger partial charge in [0.1, 0.15) is 11.6 Å². The lowest BCUT2D eigenvalue weighted by Crippen LogP contribution is -2.45. The summed E-state index contributed by atoms with van der Waals surface area (Å²) in [4.78, 5) is 28.6. The second-order valence-corrected chi connectivity index (χ2v) is 6.44. The lowest BCUT2D eigenvalue weighted by atomic mass is 9.95. The summed E-state index contributed by atoms with van der Waals surface area (Å²) in [6.45, 7) is 0.260. The Balaban J connectivity index is 1.73. The number of hydrogen-bond acceptors (Lipinski definition) is 3. The van der Waals surface area contributed by atoms with Gasteiger partial charge in [-0.3, -0.25) is 9.69 Å². The smallest absolute Gasteiger partial charge is 0.322 e. The van der Waals surface area contributed by atoms with Crippen LogP contribution in [0.5, 0.6) is 5.75 Å². The third kappa shape index (κ3) is 2.81. The fourth-order valence-corrected chi connectivity index (χ4v) is 3.44. The Kier molecular flexibility index (Phi) is 4.07. The summed E-state index contributed by atoms with van der Waals surface area (Å²) in [6, 6.07) is 12.2. The number of nitrogens with one attached hydrogen (secondary N) is 1. The molecule has 0 aliphatic carbocycles. The van der Waals surface area contributed by atoms with E-state index in [2.05, 4.69) is 5.32 Å². The Labute approximate surface area is 155 Å². The van der Waals surface area contributed by atoms with Crippen LogP contribution in [0.2, 0.25) is 0 Å². The zero-order valence-corrected chi connectivity index (χ0v) is 14.9. The Hall–Kier alpha value is -3.35. The van der Waals surface area contributed by atoms with E-state index < -0.39 is 6.04 Å². The summed E-state index contributed by atoms with van der Waals surface area (Å²) in [5.41, 5.74) is 2.55. The van der Waals surface area contributed by atoms with Gasteiger partial charge >= 0.3 is 6.03 Å². The molecule has 0 unspecified atom stereocenters. The molecular weight excluding hydrogens is 349 g/mol. The molecule has 2 heterocycles. The molecule has 2 aromatic rings. The predicted octanol–water partition coefficient (Wildman–Crippen LogP) is 2.83. The van der Waals surface area contributed by atoms with Gasteiger partial charge in [0.2, 0.25) is 0 Å². The molecule has 4 rings (SSSR count). The first-order valence-electron chi connectivity index (χ1n) is 8.48. The number of likely N-dealkylation sites (N-methyl/N-ethyl adjacent to an activating group) is 1. The SMILES string of the molecule is COc1ccc([C@@H]2NC(=O)N(C)C3=C2C(=O)N(c2ccc(F)cc2)C3)cc1. The molecule has 0 radical (unpaired) electrons. The van der Waals surface area contributed by atoms with E-state index in [0.717, 1.165) is 5.56 Å². The normalized spacial score (nSPS) is 19.3. The Morgan fingerprint density at radius 1 is 1.07 bits per heavy atom. The lowest BCUT2D eigenvalue weighted by molar-refractivity contribution is -0.114. The van der Waals surface area contributed by atoms with Crippen molar-refractivity contribution >= 4 is 17.6 Å². The van der Waals surface area contributed by atoms with Crippen LogP contribution in [-0.4, -0.2) is 37.5 Å². The molecule has 1 N–H and O–H groups in total. The van der Waals surface area contributed by atoms with E-state index in [1.807, 2.05) is 12.1 Å². The quantitative estimate of drug-likeness (QED) is 0.907. The average molecular weight is 367 g/mol. The first-order valence-corrected chi connectivity index (χ1v) is 8.48. The van der Waals surface area contributed by atoms with Gasteiger partial charge in [0.25, 0.3) is 5.91 Å². The predicted molar refractivity (Wildman–Crippen MR) is 97.8 cm³/mol. The molecule has 0 aromatic heterocycles. The molecule has 3 amide bonds. The van der Waals surface area contributed by atoms with E-state index in [1.54, 1.807) is 43.3 Å². The van der Waals surface area contributed by atoms with Crippen molar-refractivity contribution in [3.63, 3.8) is 0 Å². The van der Waals surface area contributed by atoms with E-state index in [-0.39, 0.29) is 24.3 Å². The van der Waals surface area contributed by atoms with Gasteiger partial charge in [-0.1, -0.05) is 12.1 Å². The molecule has 0 saturated heterocycles. The fourth-order valence-electron chi connectivity index (χ4n) is 3.44. The van der Waals surface area contributed by atoms with Crippen LogP contribution >= 0.6 is 0 Å². The van der Waals surface area contributed by atoms with Gasteiger partial charge in [-0.05, 0) is 42.0 Å². The van der Waals surface area contributed by atoms with Crippen LogP contribution in [0.1, 0.15) is 11.6 Å². The van der Waals surface area contributed by atoms with E-state index in [1.165, 1.54) is 17.0 Å². The highest BCUT2D eigenvalue weighted by molar-refractivity contribution is 6.11. The van der Waals surface area contributed by atoms with Crippen molar-refractivity contribution < 1.29 is 18.7 Å². The number of hydrogen-bond donors (Lipinski definition) is 1.